The van der Waals surface area contributed by atoms with Crippen LogP contribution in [0.3, 0.4) is 0 Å². The molecule has 1 aromatic carbocycles. The molecular formula is C15H21Cl2NO2S. The van der Waals surface area contributed by atoms with Gasteiger partial charge in [-0.15, -0.1) is 0 Å². The zero-order chi connectivity index (χ0) is 15.5. The van der Waals surface area contributed by atoms with Crippen molar-refractivity contribution >= 4 is 33.0 Å². The van der Waals surface area contributed by atoms with Crippen molar-refractivity contribution in [3.05, 3.63) is 33.8 Å². The van der Waals surface area contributed by atoms with Crippen molar-refractivity contribution in [3.8, 4) is 0 Å². The maximum Gasteiger partial charge on any atom is 0.150 e. The molecule has 2 atom stereocenters. The molecule has 0 radical (unpaired) electrons. The van der Waals surface area contributed by atoms with Crippen LogP contribution in [0.15, 0.2) is 18.2 Å². The molecule has 0 bridgehead atoms. The highest BCUT2D eigenvalue weighted by atomic mass is 35.5. The Morgan fingerprint density at radius 2 is 2.05 bits per heavy atom. The fraction of sp³-hybridized carbons (Fsp3) is 0.600. The number of benzene rings is 1. The summed E-state index contributed by atoms with van der Waals surface area (Å²) in [6.07, 6.45) is 5.67. The summed E-state index contributed by atoms with van der Waals surface area (Å²) in [6, 6.07) is 5.80. The summed E-state index contributed by atoms with van der Waals surface area (Å²) in [5.74, 6) is 0. The van der Waals surface area contributed by atoms with Gasteiger partial charge in [-0.1, -0.05) is 35.7 Å². The quantitative estimate of drug-likeness (QED) is 0.884. The predicted octanol–water partition coefficient (Wildman–Crippen LogP) is 3.48. The van der Waals surface area contributed by atoms with Crippen LogP contribution in [0.4, 0.5) is 0 Å². The van der Waals surface area contributed by atoms with Crippen LogP contribution in [0.25, 0.3) is 0 Å². The van der Waals surface area contributed by atoms with Gasteiger partial charge in [0, 0.05) is 22.3 Å². The molecule has 0 spiro atoms. The SMILES string of the molecule is CS(=O)(=O)C1CCCC(NCCc2ccc(Cl)cc2Cl)C1. The first kappa shape index (κ1) is 17.1. The normalized spacial score (nSPS) is 23.2. The molecule has 1 aromatic rings. The molecule has 1 aliphatic carbocycles. The minimum atomic E-state index is -2.92. The van der Waals surface area contributed by atoms with Gasteiger partial charge in [0.05, 0.1) is 5.25 Å². The van der Waals surface area contributed by atoms with Gasteiger partial charge in [0.2, 0.25) is 0 Å². The molecule has 0 aliphatic heterocycles. The van der Waals surface area contributed by atoms with Crippen molar-refractivity contribution in [2.45, 2.75) is 43.4 Å². The summed E-state index contributed by atoms with van der Waals surface area (Å²) >= 11 is 12.0. The fourth-order valence-corrected chi connectivity index (χ4v) is 4.53. The van der Waals surface area contributed by atoms with Crippen LogP contribution in [0.5, 0.6) is 0 Å². The van der Waals surface area contributed by atoms with Crippen molar-refractivity contribution in [1.29, 1.82) is 0 Å². The van der Waals surface area contributed by atoms with Crippen LogP contribution in [0.2, 0.25) is 10.0 Å². The molecule has 6 heteroatoms. The topological polar surface area (TPSA) is 46.2 Å². The van der Waals surface area contributed by atoms with E-state index < -0.39 is 9.84 Å². The fourth-order valence-electron chi connectivity index (χ4n) is 2.85. The molecule has 118 valence electrons. The summed E-state index contributed by atoms with van der Waals surface area (Å²) in [7, 11) is -2.92. The van der Waals surface area contributed by atoms with Crippen LogP contribution in [-0.4, -0.2) is 32.5 Å². The van der Waals surface area contributed by atoms with E-state index in [2.05, 4.69) is 5.32 Å². The van der Waals surface area contributed by atoms with Gasteiger partial charge in [-0.25, -0.2) is 8.42 Å². The first-order valence-corrected chi connectivity index (χ1v) is 9.93. The molecule has 1 fully saturated rings. The molecule has 2 rings (SSSR count). The smallest absolute Gasteiger partial charge is 0.150 e. The second-order valence-electron chi connectivity index (χ2n) is 5.75. The number of hydrogen-bond donors (Lipinski definition) is 1. The molecule has 1 saturated carbocycles. The summed E-state index contributed by atoms with van der Waals surface area (Å²) in [4.78, 5) is 0. The van der Waals surface area contributed by atoms with E-state index in [4.69, 9.17) is 23.2 Å². The van der Waals surface area contributed by atoms with Crippen molar-refractivity contribution < 1.29 is 8.42 Å². The zero-order valence-corrected chi connectivity index (χ0v) is 14.4. The minimum Gasteiger partial charge on any atom is -0.314 e. The van der Waals surface area contributed by atoms with E-state index in [1.165, 1.54) is 6.26 Å². The van der Waals surface area contributed by atoms with Crippen molar-refractivity contribution in [2.75, 3.05) is 12.8 Å². The Balaban J connectivity index is 1.83. The first-order chi connectivity index (χ1) is 9.86. The molecule has 0 amide bonds. The average molecular weight is 350 g/mol. The van der Waals surface area contributed by atoms with E-state index in [0.717, 1.165) is 37.8 Å². The molecule has 1 aliphatic rings. The highest BCUT2D eigenvalue weighted by Crippen LogP contribution is 2.24. The van der Waals surface area contributed by atoms with E-state index >= 15 is 0 Å². The first-order valence-electron chi connectivity index (χ1n) is 7.22. The van der Waals surface area contributed by atoms with E-state index in [0.29, 0.717) is 16.5 Å². The van der Waals surface area contributed by atoms with Crippen LogP contribution in [-0.2, 0) is 16.3 Å². The molecule has 0 saturated heterocycles. The summed E-state index contributed by atoms with van der Waals surface area (Å²) in [5.41, 5.74) is 1.06. The largest absolute Gasteiger partial charge is 0.314 e. The van der Waals surface area contributed by atoms with Crippen molar-refractivity contribution in [3.63, 3.8) is 0 Å². The predicted molar refractivity (Wildman–Crippen MR) is 89.1 cm³/mol. The minimum absolute atomic E-state index is 0.192. The van der Waals surface area contributed by atoms with Crippen molar-refractivity contribution in [2.24, 2.45) is 0 Å². The van der Waals surface area contributed by atoms with Crippen LogP contribution < -0.4 is 5.32 Å². The van der Waals surface area contributed by atoms with E-state index in [-0.39, 0.29) is 11.3 Å². The number of sulfone groups is 1. The van der Waals surface area contributed by atoms with Crippen LogP contribution >= 0.6 is 23.2 Å². The lowest BCUT2D eigenvalue weighted by molar-refractivity contribution is 0.374. The lowest BCUT2D eigenvalue weighted by Crippen LogP contribution is -2.39. The number of rotatable bonds is 5. The summed E-state index contributed by atoms with van der Waals surface area (Å²) < 4.78 is 23.3. The molecule has 2 unspecified atom stereocenters. The Hall–Kier alpha value is -0.290. The monoisotopic (exact) mass is 349 g/mol. The van der Waals surface area contributed by atoms with Gasteiger partial charge in [0.25, 0.3) is 0 Å². The highest BCUT2D eigenvalue weighted by Gasteiger charge is 2.28. The number of hydrogen-bond acceptors (Lipinski definition) is 3. The second kappa shape index (κ2) is 7.32. The lowest BCUT2D eigenvalue weighted by atomic mass is 9.95. The zero-order valence-electron chi connectivity index (χ0n) is 12.1. The molecule has 3 nitrogen and oxygen atoms in total. The summed E-state index contributed by atoms with van der Waals surface area (Å²) in [5, 5.41) is 4.59. The van der Waals surface area contributed by atoms with Gasteiger partial charge in [0.1, 0.15) is 9.84 Å². The van der Waals surface area contributed by atoms with Crippen LogP contribution in [0.1, 0.15) is 31.2 Å². The third-order valence-corrected chi connectivity index (χ3v) is 6.30. The Bertz CT molecular complexity index is 589. The Labute approximate surface area is 136 Å². The molecule has 1 N–H and O–H groups in total. The Kier molecular flexibility index (Phi) is 5.95. The van der Waals surface area contributed by atoms with Gasteiger partial charge in [-0.3, -0.25) is 0 Å². The third kappa shape index (κ3) is 5.13. The van der Waals surface area contributed by atoms with Gasteiger partial charge in [-0.05, 0) is 49.9 Å². The van der Waals surface area contributed by atoms with Gasteiger partial charge < -0.3 is 5.32 Å². The maximum atomic E-state index is 11.6. The summed E-state index contributed by atoms with van der Waals surface area (Å²) in [6.45, 7) is 0.794. The van der Waals surface area contributed by atoms with Crippen molar-refractivity contribution in [1.82, 2.24) is 5.32 Å². The Morgan fingerprint density at radius 1 is 1.29 bits per heavy atom. The highest BCUT2D eigenvalue weighted by molar-refractivity contribution is 7.91. The van der Waals surface area contributed by atoms with E-state index in [1.807, 2.05) is 12.1 Å². The van der Waals surface area contributed by atoms with E-state index in [1.54, 1.807) is 6.07 Å². The second-order valence-corrected chi connectivity index (χ2v) is 8.92. The van der Waals surface area contributed by atoms with Gasteiger partial charge >= 0.3 is 0 Å². The number of nitrogens with one attached hydrogen (secondary N) is 1. The maximum absolute atomic E-state index is 11.6. The van der Waals surface area contributed by atoms with E-state index in [9.17, 15) is 8.42 Å². The molecule has 0 aromatic heterocycles. The lowest BCUT2D eigenvalue weighted by Gasteiger charge is -2.28. The van der Waals surface area contributed by atoms with Gasteiger partial charge in [0.15, 0.2) is 0 Å². The van der Waals surface area contributed by atoms with Crippen LogP contribution in [0, 0.1) is 0 Å². The average Bonchev–Trinajstić information content (AvgIpc) is 2.41. The third-order valence-electron chi connectivity index (χ3n) is 4.07. The molecular weight excluding hydrogens is 329 g/mol. The standard InChI is InChI=1S/C15H21Cl2NO2S/c1-21(19,20)14-4-2-3-13(10-14)18-8-7-11-5-6-12(16)9-15(11)17/h5-6,9,13-14,18H,2-4,7-8,10H2,1H3. The van der Waals surface area contributed by atoms with Gasteiger partial charge in [-0.2, -0.15) is 0 Å². The molecule has 21 heavy (non-hydrogen) atoms. The number of halogens is 2. The molecule has 0 heterocycles. The Morgan fingerprint density at radius 3 is 2.71 bits per heavy atom.